The largest absolute Gasteiger partial charge is 0.469 e. The highest BCUT2D eigenvalue weighted by Gasteiger charge is 2.14. The van der Waals surface area contributed by atoms with E-state index >= 15 is 0 Å². The minimum absolute atomic E-state index is 0.169. The summed E-state index contributed by atoms with van der Waals surface area (Å²) in [7, 11) is 1.42. The number of ether oxygens (including phenoxy) is 1. The number of hydrogen-bond donors (Lipinski definition) is 1. The molecule has 1 unspecified atom stereocenters. The maximum atomic E-state index is 11.2. The van der Waals surface area contributed by atoms with Crippen LogP contribution in [0.1, 0.15) is 24.8 Å². The lowest BCUT2D eigenvalue weighted by Crippen LogP contribution is -2.05. The molecule has 84 valence electrons. The Labute approximate surface area is 94.4 Å². The molecule has 1 N–H and O–H groups in total. The Balaban J connectivity index is 2.29. The van der Waals surface area contributed by atoms with Crippen molar-refractivity contribution in [3.05, 3.63) is 36.0 Å². The van der Waals surface area contributed by atoms with Crippen molar-refractivity contribution in [3.8, 4) is 0 Å². The number of hydrogen-bond acceptors (Lipinski definition) is 2. The maximum absolute atomic E-state index is 11.2. The zero-order chi connectivity index (χ0) is 11.5. The first-order valence-electron chi connectivity index (χ1n) is 5.35. The second-order valence-electron chi connectivity index (χ2n) is 3.97. The number of aromatic amines is 1. The Morgan fingerprint density at radius 3 is 2.94 bits per heavy atom. The lowest BCUT2D eigenvalue weighted by molar-refractivity contribution is -0.140. The molecule has 3 heteroatoms. The molecular weight excluding hydrogens is 202 g/mol. The summed E-state index contributed by atoms with van der Waals surface area (Å²) >= 11 is 0. The number of aromatic nitrogens is 1. The van der Waals surface area contributed by atoms with Crippen LogP contribution in [0.2, 0.25) is 0 Å². The molecule has 0 spiro atoms. The lowest BCUT2D eigenvalue weighted by Gasteiger charge is -2.08. The summed E-state index contributed by atoms with van der Waals surface area (Å²) in [6.45, 7) is 2.03. The maximum Gasteiger partial charge on any atom is 0.306 e. The van der Waals surface area contributed by atoms with Crippen LogP contribution in [0.15, 0.2) is 30.5 Å². The average Bonchev–Trinajstić information content (AvgIpc) is 2.72. The summed E-state index contributed by atoms with van der Waals surface area (Å²) < 4.78 is 4.68. The fraction of sp³-hybridized carbons (Fsp3) is 0.308. The third-order valence-electron chi connectivity index (χ3n) is 2.85. The Morgan fingerprint density at radius 1 is 1.44 bits per heavy atom. The summed E-state index contributed by atoms with van der Waals surface area (Å²) in [5, 5.41) is 1.18. The Bertz CT molecular complexity index is 501. The van der Waals surface area contributed by atoms with Crippen LogP contribution in [-0.2, 0) is 9.53 Å². The highest BCUT2D eigenvalue weighted by molar-refractivity contribution is 5.84. The second kappa shape index (κ2) is 4.39. The number of H-pyrrole nitrogens is 1. The average molecular weight is 217 g/mol. The van der Waals surface area contributed by atoms with Gasteiger partial charge in [0.05, 0.1) is 13.5 Å². The molecular formula is C13H15NO2. The van der Waals surface area contributed by atoms with E-state index in [4.69, 9.17) is 0 Å². The van der Waals surface area contributed by atoms with Gasteiger partial charge in [-0.1, -0.05) is 25.1 Å². The minimum atomic E-state index is -0.169. The van der Waals surface area contributed by atoms with Gasteiger partial charge in [0.25, 0.3) is 0 Å². The van der Waals surface area contributed by atoms with E-state index < -0.39 is 0 Å². The van der Waals surface area contributed by atoms with E-state index in [9.17, 15) is 4.79 Å². The molecule has 2 rings (SSSR count). The van der Waals surface area contributed by atoms with Crippen LogP contribution in [-0.4, -0.2) is 18.1 Å². The van der Waals surface area contributed by atoms with Gasteiger partial charge in [0.2, 0.25) is 0 Å². The van der Waals surface area contributed by atoms with Gasteiger partial charge in [-0.2, -0.15) is 0 Å². The standard InChI is InChI=1S/C13H15NO2/c1-9(7-13(15)16-2)11-8-14-12-6-4-3-5-10(11)12/h3-6,8-9,14H,7H2,1-2H3. The van der Waals surface area contributed by atoms with Gasteiger partial charge in [0.1, 0.15) is 0 Å². The zero-order valence-corrected chi connectivity index (χ0v) is 9.49. The van der Waals surface area contributed by atoms with Crippen LogP contribution in [0.25, 0.3) is 10.9 Å². The number of fused-ring (bicyclic) bond motifs is 1. The Morgan fingerprint density at radius 2 is 2.19 bits per heavy atom. The summed E-state index contributed by atoms with van der Waals surface area (Å²) in [5.41, 5.74) is 2.27. The lowest BCUT2D eigenvalue weighted by atomic mass is 9.97. The minimum Gasteiger partial charge on any atom is -0.469 e. The first kappa shape index (κ1) is 10.7. The predicted octanol–water partition coefficient (Wildman–Crippen LogP) is 2.83. The monoisotopic (exact) mass is 217 g/mol. The van der Waals surface area contributed by atoms with Crippen molar-refractivity contribution < 1.29 is 9.53 Å². The number of carbonyl (C=O) groups excluding carboxylic acids is 1. The third-order valence-corrected chi connectivity index (χ3v) is 2.85. The molecule has 0 bridgehead atoms. The van der Waals surface area contributed by atoms with Crippen molar-refractivity contribution in [3.63, 3.8) is 0 Å². The normalized spacial score (nSPS) is 12.6. The van der Waals surface area contributed by atoms with E-state index in [1.165, 1.54) is 18.1 Å². The summed E-state index contributed by atoms with van der Waals surface area (Å²) in [6.07, 6.45) is 2.39. The van der Waals surface area contributed by atoms with E-state index in [1.54, 1.807) is 0 Å². The van der Waals surface area contributed by atoms with Gasteiger partial charge in [-0.05, 0) is 17.5 Å². The number of nitrogens with one attached hydrogen (secondary N) is 1. The van der Waals surface area contributed by atoms with Crippen molar-refractivity contribution >= 4 is 16.9 Å². The quantitative estimate of drug-likeness (QED) is 0.803. The van der Waals surface area contributed by atoms with Gasteiger partial charge >= 0.3 is 5.97 Å². The van der Waals surface area contributed by atoms with Gasteiger partial charge in [-0.15, -0.1) is 0 Å². The molecule has 0 aliphatic carbocycles. The van der Waals surface area contributed by atoms with Crippen molar-refractivity contribution in [2.45, 2.75) is 19.3 Å². The van der Waals surface area contributed by atoms with Crippen molar-refractivity contribution in [1.29, 1.82) is 0 Å². The van der Waals surface area contributed by atoms with Crippen molar-refractivity contribution in [1.82, 2.24) is 4.98 Å². The Kier molecular flexibility index (Phi) is 2.95. The SMILES string of the molecule is COC(=O)CC(C)c1c[nH]c2ccccc12. The van der Waals surface area contributed by atoms with E-state index in [0.717, 1.165) is 5.52 Å². The predicted molar refractivity (Wildman–Crippen MR) is 63.3 cm³/mol. The molecule has 3 nitrogen and oxygen atoms in total. The van der Waals surface area contributed by atoms with E-state index in [2.05, 4.69) is 15.8 Å². The summed E-state index contributed by atoms with van der Waals surface area (Å²) in [4.78, 5) is 14.4. The molecule has 0 aliphatic heterocycles. The molecule has 1 aromatic carbocycles. The molecule has 0 saturated heterocycles. The number of methoxy groups -OCH3 is 1. The summed E-state index contributed by atoms with van der Waals surface area (Å²) in [5.74, 6) is 0.00128. The van der Waals surface area contributed by atoms with Crippen LogP contribution in [0.4, 0.5) is 0 Å². The van der Waals surface area contributed by atoms with Gasteiger partial charge < -0.3 is 9.72 Å². The van der Waals surface area contributed by atoms with Crippen LogP contribution in [0, 0.1) is 0 Å². The van der Waals surface area contributed by atoms with Gasteiger partial charge in [0, 0.05) is 17.1 Å². The van der Waals surface area contributed by atoms with Crippen molar-refractivity contribution in [2.24, 2.45) is 0 Å². The fourth-order valence-corrected chi connectivity index (χ4v) is 1.94. The van der Waals surface area contributed by atoms with Crippen LogP contribution < -0.4 is 0 Å². The smallest absolute Gasteiger partial charge is 0.306 e. The van der Waals surface area contributed by atoms with Crippen LogP contribution in [0.3, 0.4) is 0 Å². The first-order valence-corrected chi connectivity index (χ1v) is 5.35. The highest BCUT2D eigenvalue weighted by Crippen LogP contribution is 2.27. The van der Waals surface area contributed by atoms with Crippen LogP contribution >= 0.6 is 0 Å². The molecule has 0 aliphatic rings. The molecule has 0 fully saturated rings. The molecule has 1 aromatic heterocycles. The van der Waals surface area contributed by atoms with Crippen molar-refractivity contribution in [2.75, 3.05) is 7.11 Å². The first-order chi connectivity index (χ1) is 7.72. The van der Waals surface area contributed by atoms with Gasteiger partial charge in [0.15, 0.2) is 0 Å². The van der Waals surface area contributed by atoms with Gasteiger partial charge in [-0.25, -0.2) is 0 Å². The molecule has 1 atom stereocenters. The second-order valence-corrected chi connectivity index (χ2v) is 3.97. The highest BCUT2D eigenvalue weighted by atomic mass is 16.5. The molecule has 0 saturated carbocycles. The zero-order valence-electron chi connectivity index (χ0n) is 9.49. The number of esters is 1. The van der Waals surface area contributed by atoms with Gasteiger partial charge in [-0.3, -0.25) is 4.79 Å². The van der Waals surface area contributed by atoms with E-state index in [0.29, 0.717) is 6.42 Å². The number of carbonyl (C=O) groups is 1. The fourth-order valence-electron chi connectivity index (χ4n) is 1.94. The molecule has 1 heterocycles. The summed E-state index contributed by atoms with van der Waals surface area (Å²) in [6, 6.07) is 8.09. The van der Waals surface area contributed by atoms with Crippen LogP contribution in [0.5, 0.6) is 0 Å². The number of rotatable bonds is 3. The molecule has 0 amide bonds. The van der Waals surface area contributed by atoms with E-state index in [1.807, 2.05) is 31.3 Å². The molecule has 0 radical (unpaired) electrons. The Hall–Kier alpha value is -1.77. The third kappa shape index (κ3) is 1.94. The number of benzene rings is 1. The molecule has 16 heavy (non-hydrogen) atoms. The van der Waals surface area contributed by atoms with E-state index in [-0.39, 0.29) is 11.9 Å². The number of para-hydroxylation sites is 1. The molecule has 2 aromatic rings. The topological polar surface area (TPSA) is 42.1 Å².